The first kappa shape index (κ1) is 16.5. The van der Waals surface area contributed by atoms with Gasteiger partial charge >= 0.3 is 0 Å². The van der Waals surface area contributed by atoms with Crippen molar-refractivity contribution in [3.05, 3.63) is 70.1 Å². The van der Waals surface area contributed by atoms with Crippen LogP contribution in [0.3, 0.4) is 0 Å². The molecule has 1 amide bonds. The van der Waals surface area contributed by atoms with Crippen LogP contribution in [0.4, 0.5) is 4.39 Å². The maximum Gasteiger partial charge on any atom is 0.282 e. The molecule has 0 aliphatic carbocycles. The number of pyridine rings is 1. The molecule has 0 aliphatic heterocycles. The number of benzene rings is 1. The van der Waals surface area contributed by atoms with Gasteiger partial charge in [0.05, 0.1) is 10.8 Å². The third-order valence-corrected chi connectivity index (χ3v) is 5.07. The highest BCUT2D eigenvalue weighted by Crippen LogP contribution is 2.22. The smallest absolute Gasteiger partial charge is 0.282 e. The summed E-state index contributed by atoms with van der Waals surface area (Å²) < 4.78 is 12.8. The molecule has 8 heteroatoms. The highest BCUT2D eigenvalue weighted by Gasteiger charge is 2.13. The van der Waals surface area contributed by atoms with Crippen molar-refractivity contribution in [1.82, 2.24) is 20.5 Å². The molecule has 0 fully saturated rings. The second kappa shape index (κ2) is 7.98. The van der Waals surface area contributed by atoms with Gasteiger partial charge in [0.2, 0.25) is 5.01 Å². The van der Waals surface area contributed by atoms with Gasteiger partial charge < -0.3 is 5.32 Å². The van der Waals surface area contributed by atoms with E-state index in [0.29, 0.717) is 17.3 Å². The maximum atomic E-state index is 12.8. The summed E-state index contributed by atoms with van der Waals surface area (Å²) in [5, 5.41) is 12.7. The van der Waals surface area contributed by atoms with Crippen LogP contribution in [0.25, 0.3) is 0 Å². The Morgan fingerprint density at radius 3 is 2.75 bits per heavy atom. The van der Waals surface area contributed by atoms with Gasteiger partial charge in [0.15, 0.2) is 0 Å². The average Bonchev–Trinajstić information content (AvgIpc) is 3.09. The van der Waals surface area contributed by atoms with Gasteiger partial charge in [-0.2, -0.15) is 0 Å². The maximum absolute atomic E-state index is 12.8. The number of hydrogen-bond acceptors (Lipinski definition) is 6. The first-order valence-corrected chi connectivity index (χ1v) is 8.90. The van der Waals surface area contributed by atoms with E-state index in [1.54, 1.807) is 18.3 Å². The zero-order valence-corrected chi connectivity index (χ0v) is 14.1. The summed E-state index contributed by atoms with van der Waals surface area (Å²) in [6.45, 7) is 0.316. The minimum absolute atomic E-state index is 0.286. The van der Waals surface area contributed by atoms with Crippen molar-refractivity contribution in [2.75, 3.05) is 0 Å². The Hall–Kier alpha value is -2.32. The van der Waals surface area contributed by atoms with E-state index < -0.39 is 0 Å². The molecule has 3 aromatic rings. The van der Waals surface area contributed by atoms with Crippen LogP contribution in [0, 0.1) is 5.82 Å². The van der Waals surface area contributed by atoms with Crippen molar-refractivity contribution in [2.24, 2.45) is 0 Å². The van der Waals surface area contributed by atoms with Crippen LogP contribution in [0.1, 0.15) is 20.4 Å². The minimum atomic E-state index is -0.302. The average molecular weight is 360 g/mol. The van der Waals surface area contributed by atoms with Gasteiger partial charge in [0, 0.05) is 12.7 Å². The lowest BCUT2D eigenvalue weighted by molar-refractivity contribution is 0.0950. The number of nitrogens with zero attached hydrogens (tertiary/aromatic N) is 3. The largest absolute Gasteiger partial charge is 0.346 e. The van der Waals surface area contributed by atoms with Crippen molar-refractivity contribution in [3.63, 3.8) is 0 Å². The fourth-order valence-electron chi connectivity index (χ4n) is 1.83. The van der Waals surface area contributed by atoms with Crippen molar-refractivity contribution in [3.8, 4) is 0 Å². The highest BCUT2D eigenvalue weighted by atomic mass is 32.2. The van der Waals surface area contributed by atoms with Gasteiger partial charge in [-0.1, -0.05) is 41.3 Å². The van der Waals surface area contributed by atoms with Crippen LogP contribution in [-0.2, 0) is 12.3 Å². The lowest BCUT2D eigenvalue weighted by Crippen LogP contribution is -2.22. The van der Waals surface area contributed by atoms with Crippen molar-refractivity contribution >= 4 is 29.0 Å². The lowest BCUT2D eigenvalue weighted by atomic mass is 10.2. The molecule has 1 N–H and O–H groups in total. The van der Waals surface area contributed by atoms with E-state index in [2.05, 4.69) is 20.5 Å². The molecule has 122 valence electrons. The molecule has 0 radical (unpaired) electrons. The van der Waals surface area contributed by atoms with Crippen LogP contribution < -0.4 is 5.32 Å². The SMILES string of the molecule is O=C(NCc1ccc(F)cc1)c1nnc(CSc2ccccn2)s1. The number of halogens is 1. The molecule has 0 aliphatic rings. The number of carbonyl (C=O) groups excluding carboxylic acids is 1. The summed E-state index contributed by atoms with van der Waals surface area (Å²) in [4.78, 5) is 16.3. The summed E-state index contributed by atoms with van der Waals surface area (Å²) in [6.07, 6.45) is 1.73. The number of aromatic nitrogens is 3. The number of nitrogens with one attached hydrogen (secondary N) is 1. The van der Waals surface area contributed by atoms with Gasteiger partial charge in [0.25, 0.3) is 5.91 Å². The van der Waals surface area contributed by atoms with Crippen molar-refractivity contribution in [1.29, 1.82) is 0 Å². The van der Waals surface area contributed by atoms with Gasteiger partial charge in [-0.15, -0.1) is 10.2 Å². The second-order valence-electron chi connectivity index (χ2n) is 4.77. The van der Waals surface area contributed by atoms with Crippen LogP contribution in [-0.4, -0.2) is 21.1 Å². The Bertz CT molecular complexity index is 808. The van der Waals surface area contributed by atoms with E-state index in [1.165, 1.54) is 35.2 Å². The fourth-order valence-corrected chi connectivity index (χ4v) is 3.44. The van der Waals surface area contributed by atoms with Gasteiger partial charge in [-0.3, -0.25) is 4.79 Å². The third-order valence-electron chi connectivity index (χ3n) is 3.01. The zero-order chi connectivity index (χ0) is 16.8. The Labute approximate surface area is 146 Å². The molecule has 24 heavy (non-hydrogen) atoms. The summed E-state index contributed by atoms with van der Waals surface area (Å²) in [6, 6.07) is 11.7. The normalized spacial score (nSPS) is 10.5. The lowest BCUT2D eigenvalue weighted by Gasteiger charge is -2.02. The minimum Gasteiger partial charge on any atom is -0.346 e. The molecule has 0 atom stereocenters. The second-order valence-corrected chi connectivity index (χ2v) is 6.82. The number of carbonyl (C=O) groups is 1. The highest BCUT2D eigenvalue weighted by molar-refractivity contribution is 7.98. The van der Waals surface area contributed by atoms with E-state index in [0.717, 1.165) is 15.6 Å². The summed E-state index contributed by atoms with van der Waals surface area (Å²) in [5.74, 6) is 0.0232. The fraction of sp³-hybridized carbons (Fsp3) is 0.125. The first-order chi connectivity index (χ1) is 11.7. The Balaban J connectivity index is 1.52. The number of hydrogen-bond donors (Lipinski definition) is 1. The van der Waals surface area contributed by atoms with E-state index in [9.17, 15) is 9.18 Å². The zero-order valence-electron chi connectivity index (χ0n) is 12.5. The summed E-state index contributed by atoms with van der Waals surface area (Å²) >= 11 is 2.79. The Morgan fingerprint density at radius 2 is 2.00 bits per heavy atom. The van der Waals surface area contributed by atoms with Crippen LogP contribution in [0.2, 0.25) is 0 Å². The van der Waals surface area contributed by atoms with E-state index >= 15 is 0 Å². The molecule has 5 nitrogen and oxygen atoms in total. The van der Waals surface area contributed by atoms with Crippen molar-refractivity contribution < 1.29 is 9.18 Å². The summed E-state index contributed by atoms with van der Waals surface area (Å²) in [5.41, 5.74) is 0.820. The van der Waals surface area contributed by atoms with E-state index in [4.69, 9.17) is 0 Å². The predicted octanol–water partition coefficient (Wildman–Crippen LogP) is 3.29. The summed E-state index contributed by atoms with van der Waals surface area (Å²) in [7, 11) is 0. The van der Waals surface area contributed by atoms with Crippen LogP contribution in [0.15, 0.2) is 53.7 Å². The van der Waals surface area contributed by atoms with E-state index in [-0.39, 0.29) is 11.7 Å². The van der Waals surface area contributed by atoms with Gasteiger partial charge in [0.1, 0.15) is 10.8 Å². The molecular formula is C16H13FN4OS2. The molecule has 0 unspecified atom stereocenters. The quantitative estimate of drug-likeness (QED) is 0.683. The topological polar surface area (TPSA) is 67.8 Å². The molecule has 0 bridgehead atoms. The van der Waals surface area contributed by atoms with Crippen LogP contribution >= 0.6 is 23.1 Å². The monoisotopic (exact) mass is 360 g/mol. The van der Waals surface area contributed by atoms with Crippen molar-refractivity contribution in [2.45, 2.75) is 17.3 Å². The third kappa shape index (κ3) is 4.59. The van der Waals surface area contributed by atoms with E-state index in [1.807, 2.05) is 18.2 Å². The number of rotatable bonds is 6. The Kier molecular flexibility index (Phi) is 5.50. The standard InChI is InChI=1S/C16H13FN4OS2/c17-12-6-4-11(5-7-12)9-19-15(22)16-21-20-14(24-16)10-23-13-3-1-2-8-18-13/h1-8H,9-10H2,(H,19,22). The number of amides is 1. The van der Waals surface area contributed by atoms with Crippen LogP contribution in [0.5, 0.6) is 0 Å². The molecular weight excluding hydrogens is 347 g/mol. The molecule has 2 heterocycles. The van der Waals surface area contributed by atoms with Gasteiger partial charge in [-0.05, 0) is 29.8 Å². The molecule has 3 rings (SSSR count). The molecule has 1 aromatic carbocycles. The molecule has 0 saturated carbocycles. The first-order valence-electron chi connectivity index (χ1n) is 7.09. The molecule has 0 saturated heterocycles. The Morgan fingerprint density at radius 1 is 1.17 bits per heavy atom. The molecule has 2 aromatic heterocycles. The predicted molar refractivity (Wildman–Crippen MR) is 91.3 cm³/mol. The molecule has 0 spiro atoms. The van der Waals surface area contributed by atoms with Gasteiger partial charge in [-0.25, -0.2) is 9.37 Å². The number of thioether (sulfide) groups is 1.